The SMILES string of the molecule is Cc1cccc2nc(COC(=O)c3cc(-c4ccc(Br)cc4)n[nH]3)cc(=O)n12. The number of aromatic amines is 1. The Morgan fingerprint density at radius 1 is 1.18 bits per heavy atom. The lowest BCUT2D eigenvalue weighted by Gasteiger charge is -2.07. The lowest BCUT2D eigenvalue weighted by molar-refractivity contribution is 0.0460. The molecule has 7 nitrogen and oxygen atoms in total. The molecule has 0 aliphatic carbocycles. The molecule has 0 fully saturated rings. The average Bonchev–Trinajstić information content (AvgIpc) is 3.17. The second-order valence-electron chi connectivity index (χ2n) is 6.20. The third-order valence-electron chi connectivity index (χ3n) is 4.22. The van der Waals surface area contributed by atoms with Gasteiger partial charge in [0.15, 0.2) is 0 Å². The Balaban J connectivity index is 1.50. The van der Waals surface area contributed by atoms with Crippen LogP contribution in [0.3, 0.4) is 0 Å². The fraction of sp³-hybridized carbons (Fsp3) is 0.100. The summed E-state index contributed by atoms with van der Waals surface area (Å²) >= 11 is 3.38. The van der Waals surface area contributed by atoms with Gasteiger partial charge in [-0.25, -0.2) is 9.78 Å². The molecular weight excluding hydrogens is 424 g/mol. The highest BCUT2D eigenvalue weighted by molar-refractivity contribution is 9.10. The van der Waals surface area contributed by atoms with Crippen LogP contribution in [0.15, 0.2) is 63.9 Å². The maximum atomic E-state index is 12.3. The standard InChI is InChI=1S/C20H15BrN4O3/c1-12-3-2-4-18-22-15(9-19(26)25(12)18)11-28-20(27)17-10-16(23-24-17)13-5-7-14(21)8-6-13/h2-10H,11H2,1H3,(H,23,24). The van der Waals surface area contributed by atoms with Gasteiger partial charge in [-0.15, -0.1) is 0 Å². The summed E-state index contributed by atoms with van der Waals surface area (Å²) < 4.78 is 7.75. The first kappa shape index (κ1) is 18.1. The molecule has 0 atom stereocenters. The summed E-state index contributed by atoms with van der Waals surface area (Å²) in [6, 6.07) is 16.0. The Morgan fingerprint density at radius 2 is 1.96 bits per heavy atom. The highest BCUT2D eigenvalue weighted by Crippen LogP contribution is 2.20. The van der Waals surface area contributed by atoms with E-state index in [0.717, 1.165) is 15.7 Å². The van der Waals surface area contributed by atoms with Crippen molar-refractivity contribution in [2.24, 2.45) is 0 Å². The van der Waals surface area contributed by atoms with Crippen molar-refractivity contribution in [3.05, 3.63) is 86.5 Å². The zero-order chi connectivity index (χ0) is 19.7. The van der Waals surface area contributed by atoms with Gasteiger partial charge in [-0.3, -0.25) is 14.3 Å². The molecule has 3 heterocycles. The van der Waals surface area contributed by atoms with Crippen LogP contribution in [0, 0.1) is 6.92 Å². The van der Waals surface area contributed by atoms with Crippen LogP contribution in [0.25, 0.3) is 16.9 Å². The van der Waals surface area contributed by atoms with E-state index >= 15 is 0 Å². The first-order valence-corrected chi connectivity index (χ1v) is 9.27. The average molecular weight is 439 g/mol. The molecule has 28 heavy (non-hydrogen) atoms. The van der Waals surface area contributed by atoms with Crippen LogP contribution < -0.4 is 5.56 Å². The van der Waals surface area contributed by atoms with Gasteiger partial charge in [0.2, 0.25) is 0 Å². The number of ether oxygens (including phenoxy) is 1. The number of aryl methyl sites for hydroxylation is 1. The summed E-state index contributed by atoms with van der Waals surface area (Å²) in [4.78, 5) is 29.0. The maximum Gasteiger partial charge on any atom is 0.356 e. The fourth-order valence-corrected chi connectivity index (χ4v) is 3.11. The lowest BCUT2D eigenvalue weighted by atomic mass is 10.1. The number of fused-ring (bicyclic) bond motifs is 1. The second kappa shape index (κ2) is 7.40. The number of carbonyl (C=O) groups is 1. The van der Waals surface area contributed by atoms with Gasteiger partial charge in [-0.05, 0) is 37.3 Å². The fourth-order valence-electron chi connectivity index (χ4n) is 2.85. The van der Waals surface area contributed by atoms with Crippen LogP contribution in [0.5, 0.6) is 0 Å². The number of aromatic nitrogens is 4. The van der Waals surface area contributed by atoms with E-state index in [1.165, 1.54) is 10.5 Å². The monoisotopic (exact) mass is 438 g/mol. The van der Waals surface area contributed by atoms with E-state index in [1.807, 2.05) is 43.3 Å². The Morgan fingerprint density at radius 3 is 2.75 bits per heavy atom. The molecule has 0 unspecified atom stereocenters. The normalized spacial score (nSPS) is 10.9. The van der Waals surface area contributed by atoms with E-state index in [-0.39, 0.29) is 17.9 Å². The quantitative estimate of drug-likeness (QED) is 0.492. The number of H-pyrrole nitrogens is 1. The molecule has 0 spiro atoms. The lowest BCUT2D eigenvalue weighted by Crippen LogP contribution is -2.18. The molecule has 8 heteroatoms. The first-order valence-electron chi connectivity index (χ1n) is 8.48. The number of hydrogen-bond acceptors (Lipinski definition) is 5. The molecule has 0 bridgehead atoms. The number of benzene rings is 1. The molecule has 0 aliphatic heterocycles. The van der Waals surface area contributed by atoms with Crippen LogP contribution in [0.1, 0.15) is 21.9 Å². The Labute approximate surface area is 168 Å². The van der Waals surface area contributed by atoms with Gasteiger partial charge in [0.25, 0.3) is 5.56 Å². The van der Waals surface area contributed by atoms with Crippen LogP contribution in [-0.4, -0.2) is 25.6 Å². The van der Waals surface area contributed by atoms with E-state index < -0.39 is 5.97 Å². The molecular formula is C20H15BrN4O3. The molecule has 0 saturated carbocycles. The van der Waals surface area contributed by atoms with Crippen molar-refractivity contribution >= 4 is 27.5 Å². The summed E-state index contributed by atoms with van der Waals surface area (Å²) in [6.45, 7) is 1.72. The second-order valence-corrected chi connectivity index (χ2v) is 7.11. The number of pyridine rings is 1. The first-order chi connectivity index (χ1) is 13.5. The van der Waals surface area contributed by atoms with E-state index in [1.54, 1.807) is 12.1 Å². The van der Waals surface area contributed by atoms with Gasteiger partial charge in [0.05, 0.1) is 11.4 Å². The number of nitrogens with zero attached hydrogens (tertiary/aromatic N) is 3. The molecule has 0 amide bonds. The maximum absolute atomic E-state index is 12.3. The van der Waals surface area contributed by atoms with Crippen molar-refractivity contribution < 1.29 is 9.53 Å². The zero-order valence-corrected chi connectivity index (χ0v) is 16.4. The highest BCUT2D eigenvalue weighted by Gasteiger charge is 2.14. The van der Waals surface area contributed by atoms with Crippen molar-refractivity contribution in [1.29, 1.82) is 0 Å². The van der Waals surface area contributed by atoms with Crippen molar-refractivity contribution in [3.63, 3.8) is 0 Å². The number of nitrogens with one attached hydrogen (secondary N) is 1. The summed E-state index contributed by atoms with van der Waals surface area (Å²) in [5.74, 6) is -0.567. The van der Waals surface area contributed by atoms with E-state index in [2.05, 4.69) is 31.1 Å². The minimum atomic E-state index is -0.567. The number of halogens is 1. The third kappa shape index (κ3) is 3.59. The third-order valence-corrected chi connectivity index (χ3v) is 4.75. The van der Waals surface area contributed by atoms with Crippen LogP contribution in [0.2, 0.25) is 0 Å². The highest BCUT2D eigenvalue weighted by atomic mass is 79.9. The number of esters is 1. The Hall–Kier alpha value is -3.26. The number of carbonyl (C=O) groups excluding carboxylic acids is 1. The van der Waals surface area contributed by atoms with Gasteiger partial charge in [-0.1, -0.05) is 34.1 Å². The van der Waals surface area contributed by atoms with E-state index in [9.17, 15) is 9.59 Å². The van der Waals surface area contributed by atoms with Crippen molar-refractivity contribution in [2.45, 2.75) is 13.5 Å². The van der Waals surface area contributed by atoms with Crippen LogP contribution >= 0.6 is 15.9 Å². The smallest absolute Gasteiger partial charge is 0.356 e. The predicted molar refractivity (Wildman–Crippen MR) is 107 cm³/mol. The minimum absolute atomic E-state index is 0.106. The van der Waals surface area contributed by atoms with Gasteiger partial charge in [0.1, 0.15) is 17.9 Å². The molecule has 1 N–H and O–H groups in total. The van der Waals surface area contributed by atoms with Gasteiger partial charge in [-0.2, -0.15) is 5.10 Å². The summed E-state index contributed by atoms with van der Waals surface area (Å²) in [7, 11) is 0. The molecule has 0 aliphatic rings. The Bertz CT molecular complexity index is 1230. The summed E-state index contributed by atoms with van der Waals surface area (Å²) in [5, 5.41) is 6.83. The number of hydrogen-bond donors (Lipinski definition) is 1. The van der Waals surface area contributed by atoms with Crippen molar-refractivity contribution in [3.8, 4) is 11.3 Å². The molecule has 4 aromatic rings. The van der Waals surface area contributed by atoms with Crippen LogP contribution in [-0.2, 0) is 11.3 Å². The van der Waals surface area contributed by atoms with E-state index in [4.69, 9.17) is 4.74 Å². The molecule has 1 aromatic carbocycles. The summed E-state index contributed by atoms with van der Waals surface area (Å²) in [6.07, 6.45) is 0. The molecule has 4 rings (SSSR count). The predicted octanol–water partition coefficient (Wildman–Crippen LogP) is 3.51. The minimum Gasteiger partial charge on any atom is -0.454 e. The molecule has 0 saturated heterocycles. The van der Waals surface area contributed by atoms with Gasteiger partial charge in [0, 0.05) is 21.8 Å². The summed E-state index contributed by atoms with van der Waals surface area (Å²) in [5.41, 5.74) is 3.21. The molecule has 3 aromatic heterocycles. The zero-order valence-electron chi connectivity index (χ0n) is 14.8. The van der Waals surface area contributed by atoms with E-state index in [0.29, 0.717) is 17.0 Å². The van der Waals surface area contributed by atoms with Crippen LogP contribution in [0.4, 0.5) is 0 Å². The molecule has 140 valence electrons. The van der Waals surface area contributed by atoms with Gasteiger partial charge < -0.3 is 4.74 Å². The van der Waals surface area contributed by atoms with Gasteiger partial charge >= 0.3 is 5.97 Å². The van der Waals surface area contributed by atoms with Crippen molar-refractivity contribution in [1.82, 2.24) is 19.6 Å². The molecule has 0 radical (unpaired) electrons. The Kier molecular flexibility index (Phi) is 4.79. The van der Waals surface area contributed by atoms with Crippen molar-refractivity contribution in [2.75, 3.05) is 0 Å². The number of rotatable bonds is 4. The largest absolute Gasteiger partial charge is 0.454 e. The topological polar surface area (TPSA) is 89.3 Å².